The van der Waals surface area contributed by atoms with Gasteiger partial charge in [-0.25, -0.2) is 13.6 Å². The van der Waals surface area contributed by atoms with E-state index in [1.165, 1.54) is 23.8 Å². The number of hydrogen-bond acceptors (Lipinski definition) is 3. The molecule has 0 radical (unpaired) electrons. The van der Waals surface area contributed by atoms with Gasteiger partial charge in [0.05, 0.1) is 0 Å². The fourth-order valence-corrected chi connectivity index (χ4v) is 4.55. The first-order chi connectivity index (χ1) is 14.9. The van der Waals surface area contributed by atoms with Gasteiger partial charge in [0.25, 0.3) is 0 Å². The standard InChI is InChI=1S/C25H25F2NO3/c1-15(21-10-11-24(27)23-13-18(26)5-9-22(21)23)28-19-6-2-17(12-19)16-3-7-20(8-4-16)31-14-25(29)30/h3-5,7-11,13,15,17,19,28H,2,6,12,14H2,1H3,(H,29,30)/t15-,17?,19?/m1/s1. The molecule has 3 aromatic rings. The normalized spacial score (nSPS) is 19.5. The van der Waals surface area contributed by atoms with Crippen LogP contribution < -0.4 is 10.1 Å². The quantitative estimate of drug-likeness (QED) is 0.520. The van der Waals surface area contributed by atoms with Gasteiger partial charge in [0, 0.05) is 17.5 Å². The zero-order valence-corrected chi connectivity index (χ0v) is 17.3. The number of carbonyl (C=O) groups is 1. The monoisotopic (exact) mass is 425 g/mol. The van der Waals surface area contributed by atoms with E-state index in [1.807, 2.05) is 24.3 Å². The van der Waals surface area contributed by atoms with Crippen molar-refractivity contribution < 1.29 is 23.4 Å². The lowest BCUT2D eigenvalue weighted by Crippen LogP contribution is -2.29. The Balaban J connectivity index is 1.41. The molecule has 0 amide bonds. The molecule has 31 heavy (non-hydrogen) atoms. The molecule has 1 aliphatic carbocycles. The number of rotatable bonds is 7. The number of carboxylic acid groups (broad SMARTS) is 1. The second-order valence-corrected chi connectivity index (χ2v) is 8.17. The van der Waals surface area contributed by atoms with Crippen molar-refractivity contribution in [2.45, 2.75) is 44.2 Å². The van der Waals surface area contributed by atoms with E-state index in [9.17, 15) is 13.6 Å². The van der Waals surface area contributed by atoms with E-state index in [1.54, 1.807) is 12.1 Å². The second kappa shape index (κ2) is 9.02. The summed E-state index contributed by atoms with van der Waals surface area (Å²) in [5.74, 6) is -0.893. The van der Waals surface area contributed by atoms with Crippen LogP contribution in [0.2, 0.25) is 0 Å². The van der Waals surface area contributed by atoms with Crippen molar-refractivity contribution in [2.75, 3.05) is 6.61 Å². The van der Waals surface area contributed by atoms with Crippen LogP contribution in [-0.2, 0) is 4.79 Å². The van der Waals surface area contributed by atoms with Crippen LogP contribution in [0.5, 0.6) is 5.75 Å². The van der Waals surface area contributed by atoms with Gasteiger partial charge in [-0.1, -0.05) is 24.3 Å². The molecule has 0 heterocycles. The van der Waals surface area contributed by atoms with Crippen molar-refractivity contribution in [1.82, 2.24) is 5.32 Å². The maximum Gasteiger partial charge on any atom is 0.341 e. The summed E-state index contributed by atoms with van der Waals surface area (Å²) in [4.78, 5) is 10.6. The minimum Gasteiger partial charge on any atom is -0.482 e. The van der Waals surface area contributed by atoms with E-state index in [0.29, 0.717) is 23.1 Å². The summed E-state index contributed by atoms with van der Waals surface area (Å²) in [6.45, 7) is 1.70. The molecule has 0 aromatic heterocycles. The molecule has 1 fully saturated rings. The van der Waals surface area contributed by atoms with Crippen LogP contribution in [0.25, 0.3) is 10.8 Å². The molecule has 4 rings (SSSR count). The molecule has 0 bridgehead atoms. The Morgan fingerprint density at radius 1 is 1.10 bits per heavy atom. The Morgan fingerprint density at radius 3 is 2.61 bits per heavy atom. The van der Waals surface area contributed by atoms with Crippen molar-refractivity contribution in [3.8, 4) is 5.75 Å². The van der Waals surface area contributed by atoms with Crippen molar-refractivity contribution in [3.63, 3.8) is 0 Å². The zero-order valence-electron chi connectivity index (χ0n) is 17.3. The van der Waals surface area contributed by atoms with Gasteiger partial charge in [-0.05, 0) is 78.9 Å². The predicted octanol–water partition coefficient (Wildman–Crippen LogP) is 5.57. The van der Waals surface area contributed by atoms with E-state index in [2.05, 4.69) is 12.2 Å². The molecule has 162 valence electrons. The Bertz CT molecular complexity index is 1080. The lowest BCUT2D eigenvalue weighted by atomic mass is 9.96. The van der Waals surface area contributed by atoms with Crippen molar-refractivity contribution in [2.24, 2.45) is 0 Å². The molecule has 4 nitrogen and oxygen atoms in total. The molecule has 3 aromatic carbocycles. The third-order valence-corrected chi connectivity index (χ3v) is 6.06. The van der Waals surface area contributed by atoms with Gasteiger partial charge in [0.15, 0.2) is 6.61 Å². The molecule has 0 saturated heterocycles. The lowest BCUT2D eigenvalue weighted by molar-refractivity contribution is -0.139. The predicted molar refractivity (Wildman–Crippen MR) is 115 cm³/mol. The number of aliphatic carboxylic acids is 1. The smallest absolute Gasteiger partial charge is 0.341 e. The number of hydrogen-bond donors (Lipinski definition) is 2. The average Bonchev–Trinajstić information content (AvgIpc) is 3.21. The summed E-state index contributed by atoms with van der Waals surface area (Å²) >= 11 is 0. The highest BCUT2D eigenvalue weighted by atomic mass is 19.1. The highest BCUT2D eigenvalue weighted by molar-refractivity contribution is 5.86. The van der Waals surface area contributed by atoms with Gasteiger partial charge in [-0.2, -0.15) is 0 Å². The molecule has 1 saturated carbocycles. The van der Waals surface area contributed by atoms with E-state index in [4.69, 9.17) is 9.84 Å². The summed E-state index contributed by atoms with van der Waals surface area (Å²) in [6.07, 6.45) is 3.06. The molecule has 2 N–H and O–H groups in total. The highest BCUT2D eigenvalue weighted by Gasteiger charge is 2.27. The van der Waals surface area contributed by atoms with Gasteiger partial charge in [0.1, 0.15) is 17.4 Å². The first-order valence-corrected chi connectivity index (χ1v) is 10.5. The van der Waals surface area contributed by atoms with Crippen LogP contribution in [-0.4, -0.2) is 23.7 Å². The maximum atomic E-state index is 14.1. The second-order valence-electron chi connectivity index (χ2n) is 8.17. The topological polar surface area (TPSA) is 58.6 Å². The molecule has 1 aliphatic rings. The van der Waals surface area contributed by atoms with Crippen LogP contribution in [0.15, 0.2) is 54.6 Å². The summed E-state index contributed by atoms with van der Waals surface area (Å²) in [6, 6.07) is 15.4. The maximum absolute atomic E-state index is 14.1. The van der Waals surface area contributed by atoms with Gasteiger partial charge >= 0.3 is 5.97 Å². The Labute approximate surface area is 179 Å². The summed E-state index contributed by atoms with van der Waals surface area (Å²) in [5, 5.41) is 13.4. The van der Waals surface area contributed by atoms with Crippen LogP contribution in [0, 0.1) is 11.6 Å². The number of nitrogens with one attached hydrogen (secondary N) is 1. The molecule has 0 spiro atoms. The van der Waals surface area contributed by atoms with Crippen LogP contribution >= 0.6 is 0 Å². The van der Waals surface area contributed by atoms with Gasteiger partial charge in [-0.15, -0.1) is 0 Å². The minimum absolute atomic E-state index is 0.00380. The summed E-state index contributed by atoms with van der Waals surface area (Å²) in [7, 11) is 0. The molecule has 2 unspecified atom stereocenters. The highest BCUT2D eigenvalue weighted by Crippen LogP contribution is 2.37. The number of carboxylic acids is 1. The SMILES string of the molecule is C[C@@H](NC1CCC(c2ccc(OCC(=O)O)cc2)C1)c1ccc(F)c2cc(F)ccc12. The Kier molecular flexibility index (Phi) is 6.18. The van der Waals surface area contributed by atoms with Gasteiger partial charge in [-0.3, -0.25) is 0 Å². The van der Waals surface area contributed by atoms with Gasteiger partial charge in [0.2, 0.25) is 0 Å². The number of ether oxygens (including phenoxy) is 1. The number of benzene rings is 3. The third-order valence-electron chi connectivity index (χ3n) is 6.06. The molecular weight excluding hydrogens is 400 g/mol. The first-order valence-electron chi connectivity index (χ1n) is 10.5. The molecule has 3 atom stereocenters. The number of halogens is 2. The van der Waals surface area contributed by atoms with Crippen molar-refractivity contribution in [1.29, 1.82) is 0 Å². The van der Waals surface area contributed by atoms with Crippen LogP contribution in [0.3, 0.4) is 0 Å². The third kappa shape index (κ3) is 4.85. The molecule has 6 heteroatoms. The zero-order chi connectivity index (χ0) is 22.0. The fourth-order valence-electron chi connectivity index (χ4n) is 4.55. The lowest BCUT2D eigenvalue weighted by Gasteiger charge is -2.22. The van der Waals surface area contributed by atoms with Crippen LogP contribution in [0.1, 0.15) is 49.3 Å². The minimum atomic E-state index is -0.998. The van der Waals surface area contributed by atoms with Crippen molar-refractivity contribution in [3.05, 3.63) is 77.4 Å². The Morgan fingerprint density at radius 2 is 1.87 bits per heavy atom. The summed E-state index contributed by atoms with van der Waals surface area (Å²) in [5.41, 5.74) is 2.17. The van der Waals surface area contributed by atoms with E-state index in [0.717, 1.165) is 30.2 Å². The van der Waals surface area contributed by atoms with E-state index >= 15 is 0 Å². The van der Waals surface area contributed by atoms with Crippen molar-refractivity contribution >= 4 is 16.7 Å². The number of fused-ring (bicyclic) bond motifs is 1. The van der Waals surface area contributed by atoms with Gasteiger partial charge < -0.3 is 15.2 Å². The first kappa shape index (κ1) is 21.2. The summed E-state index contributed by atoms with van der Waals surface area (Å²) < 4.78 is 32.9. The average molecular weight is 425 g/mol. The molecule has 0 aliphatic heterocycles. The van der Waals surface area contributed by atoms with Crippen LogP contribution in [0.4, 0.5) is 8.78 Å². The van der Waals surface area contributed by atoms with E-state index in [-0.39, 0.29) is 12.6 Å². The molecular formula is C25H25F2NO3. The largest absolute Gasteiger partial charge is 0.482 e. The van der Waals surface area contributed by atoms with E-state index < -0.39 is 17.6 Å². The fraction of sp³-hybridized carbons (Fsp3) is 0.320. The Hall–Kier alpha value is -2.99.